The van der Waals surface area contributed by atoms with E-state index < -0.39 is 8.32 Å². The fraction of sp³-hybridized carbons (Fsp3) is 1.00. The number of hydrogen-bond donors (Lipinski definition) is 0. The Labute approximate surface area is 79.1 Å². The van der Waals surface area contributed by atoms with E-state index in [0.717, 1.165) is 0 Å². The van der Waals surface area contributed by atoms with E-state index >= 15 is 0 Å². The zero-order valence-electron chi connectivity index (χ0n) is 6.94. The van der Waals surface area contributed by atoms with E-state index in [1.807, 2.05) is 0 Å². The van der Waals surface area contributed by atoms with E-state index in [1.165, 1.54) is 19.3 Å². The third-order valence-corrected chi connectivity index (χ3v) is 7.19. The lowest BCUT2D eigenvalue weighted by Crippen LogP contribution is -2.44. The van der Waals surface area contributed by atoms with Crippen LogP contribution in [0, 0.1) is 0 Å². The molecule has 0 N–H and O–H groups in total. The minimum atomic E-state index is -1.78. The van der Waals surface area contributed by atoms with Gasteiger partial charge in [0.1, 0.15) is 4.46 Å². The maximum Gasteiger partial charge on any atom is 0.220 e. The van der Waals surface area contributed by atoms with Crippen LogP contribution < -0.4 is 0 Å². The first-order valence-electron chi connectivity index (χ1n) is 3.98. The van der Waals surface area contributed by atoms with Gasteiger partial charge >= 0.3 is 0 Å². The highest BCUT2D eigenvalue weighted by molar-refractivity contribution is 6.88. The van der Waals surface area contributed by atoms with Crippen LogP contribution >= 0.6 is 23.2 Å². The fourth-order valence-corrected chi connectivity index (χ4v) is 2.48. The first-order chi connectivity index (χ1) is 5.02. The van der Waals surface area contributed by atoms with Crippen LogP contribution in [0.3, 0.4) is 0 Å². The minimum absolute atomic E-state index is 0.303. The van der Waals surface area contributed by atoms with Crippen molar-refractivity contribution in [1.29, 1.82) is 0 Å². The lowest BCUT2D eigenvalue weighted by Gasteiger charge is -2.34. The maximum atomic E-state index is 5.81. The lowest BCUT2D eigenvalue weighted by atomic mass is 9.97. The average molecular weight is 213 g/mol. The molecule has 11 heavy (non-hydrogen) atoms. The Kier molecular flexibility index (Phi) is 3.26. The molecule has 0 heterocycles. The van der Waals surface area contributed by atoms with Crippen LogP contribution in [-0.4, -0.2) is 18.9 Å². The molecule has 1 saturated carbocycles. The molecule has 1 rings (SSSR count). The van der Waals surface area contributed by atoms with Crippen molar-refractivity contribution in [3.63, 3.8) is 0 Å². The predicted octanol–water partition coefficient (Wildman–Crippen LogP) is 3.10. The Bertz CT molecular complexity index is 134. The topological polar surface area (TPSA) is 9.23 Å². The quantitative estimate of drug-likeness (QED) is 0.517. The van der Waals surface area contributed by atoms with Crippen LogP contribution in [0.15, 0.2) is 0 Å². The fourth-order valence-electron chi connectivity index (χ4n) is 0.970. The van der Waals surface area contributed by atoms with Crippen molar-refractivity contribution in [2.24, 2.45) is 0 Å². The lowest BCUT2D eigenvalue weighted by molar-refractivity contribution is 0.112. The standard InChI is InChI=1S/C7H14Cl2OSi/c1-11(2,7(8)9)10-6-4-3-5-6/h6-7H,3-5H2,1-2H3. The first kappa shape index (κ1) is 9.84. The van der Waals surface area contributed by atoms with E-state index in [2.05, 4.69) is 13.1 Å². The van der Waals surface area contributed by atoms with Crippen LogP contribution in [0.1, 0.15) is 19.3 Å². The number of alkyl halides is 2. The van der Waals surface area contributed by atoms with Gasteiger partial charge in [-0.1, -0.05) is 0 Å². The molecule has 0 atom stereocenters. The second-order valence-electron chi connectivity index (χ2n) is 3.57. The van der Waals surface area contributed by atoms with Gasteiger partial charge in [0.15, 0.2) is 0 Å². The second kappa shape index (κ2) is 3.65. The van der Waals surface area contributed by atoms with Gasteiger partial charge in [-0.3, -0.25) is 0 Å². The second-order valence-corrected chi connectivity index (χ2v) is 9.42. The summed E-state index contributed by atoms with van der Waals surface area (Å²) in [5.74, 6) is 0. The van der Waals surface area contributed by atoms with E-state index in [-0.39, 0.29) is 4.46 Å². The summed E-state index contributed by atoms with van der Waals surface area (Å²) in [5.41, 5.74) is 0. The van der Waals surface area contributed by atoms with Gasteiger partial charge in [-0.2, -0.15) is 0 Å². The third kappa shape index (κ3) is 2.62. The summed E-state index contributed by atoms with van der Waals surface area (Å²) in [6, 6.07) is 0. The highest BCUT2D eigenvalue weighted by atomic mass is 35.5. The Morgan fingerprint density at radius 2 is 1.91 bits per heavy atom. The van der Waals surface area contributed by atoms with Gasteiger partial charge in [0.25, 0.3) is 0 Å². The first-order valence-corrected chi connectivity index (χ1v) is 7.84. The summed E-state index contributed by atoms with van der Waals surface area (Å²) in [6.07, 6.45) is 4.13. The smallest absolute Gasteiger partial charge is 0.220 e. The van der Waals surface area contributed by atoms with Crippen molar-refractivity contribution in [3.05, 3.63) is 0 Å². The molecular weight excluding hydrogens is 199 g/mol. The molecule has 0 amide bonds. The molecule has 0 aromatic rings. The summed E-state index contributed by atoms with van der Waals surface area (Å²) >= 11 is 11.6. The normalized spacial score (nSPS) is 20.5. The van der Waals surface area contributed by atoms with E-state index in [4.69, 9.17) is 27.6 Å². The van der Waals surface area contributed by atoms with Gasteiger partial charge < -0.3 is 4.43 Å². The molecule has 0 radical (unpaired) electrons. The van der Waals surface area contributed by atoms with Gasteiger partial charge in [0, 0.05) is 6.10 Å². The van der Waals surface area contributed by atoms with Crippen molar-refractivity contribution in [2.75, 3.05) is 0 Å². The van der Waals surface area contributed by atoms with Crippen LogP contribution in [0.2, 0.25) is 13.1 Å². The van der Waals surface area contributed by atoms with Crippen molar-refractivity contribution in [3.8, 4) is 0 Å². The number of hydrogen-bond acceptors (Lipinski definition) is 1. The molecule has 0 aliphatic heterocycles. The van der Waals surface area contributed by atoms with Crippen molar-refractivity contribution in [2.45, 2.75) is 42.9 Å². The summed E-state index contributed by atoms with van der Waals surface area (Å²) in [5, 5.41) is 0. The van der Waals surface area contributed by atoms with E-state index in [0.29, 0.717) is 6.10 Å². The molecule has 0 unspecified atom stereocenters. The molecule has 0 aromatic carbocycles. The van der Waals surface area contributed by atoms with Crippen LogP contribution in [0.4, 0.5) is 0 Å². The molecule has 0 spiro atoms. The van der Waals surface area contributed by atoms with Gasteiger partial charge in [0.2, 0.25) is 8.32 Å². The van der Waals surface area contributed by atoms with E-state index in [1.54, 1.807) is 0 Å². The summed E-state index contributed by atoms with van der Waals surface area (Å²) in [4.78, 5) is 0. The number of halogens is 2. The Morgan fingerprint density at radius 3 is 2.18 bits per heavy atom. The molecule has 4 heteroatoms. The Morgan fingerprint density at radius 1 is 1.36 bits per heavy atom. The monoisotopic (exact) mass is 212 g/mol. The molecule has 1 aliphatic carbocycles. The summed E-state index contributed by atoms with van der Waals surface area (Å²) in [6.45, 7) is 4.13. The maximum absolute atomic E-state index is 5.81. The largest absolute Gasteiger partial charge is 0.412 e. The van der Waals surface area contributed by atoms with Gasteiger partial charge in [-0.15, -0.1) is 23.2 Å². The minimum Gasteiger partial charge on any atom is -0.412 e. The number of rotatable bonds is 3. The summed E-state index contributed by atoms with van der Waals surface area (Å²) < 4.78 is 5.51. The molecule has 1 fully saturated rings. The molecule has 0 bridgehead atoms. The molecule has 1 aliphatic rings. The van der Waals surface area contributed by atoms with Crippen molar-refractivity contribution in [1.82, 2.24) is 0 Å². The Hall–Kier alpha value is 0.757. The molecule has 0 saturated heterocycles. The van der Waals surface area contributed by atoms with Gasteiger partial charge in [-0.25, -0.2) is 0 Å². The molecule has 0 aromatic heterocycles. The van der Waals surface area contributed by atoms with Crippen molar-refractivity contribution < 1.29 is 4.43 Å². The van der Waals surface area contributed by atoms with Crippen LogP contribution in [0.25, 0.3) is 0 Å². The molecule has 66 valence electrons. The average Bonchev–Trinajstić information content (AvgIpc) is 1.79. The highest BCUT2D eigenvalue weighted by Gasteiger charge is 2.35. The SMILES string of the molecule is C[Si](C)(OC1CCC1)C(Cl)Cl. The molecular formula is C7H14Cl2OSi. The predicted molar refractivity (Wildman–Crippen MR) is 51.7 cm³/mol. The van der Waals surface area contributed by atoms with E-state index in [9.17, 15) is 0 Å². The Balaban J connectivity index is 2.32. The van der Waals surface area contributed by atoms with Crippen LogP contribution in [0.5, 0.6) is 0 Å². The zero-order valence-corrected chi connectivity index (χ0v) is 9.45. The summed E-state index contributed by atoms with van der Waals surface area (Å²) in [7, 11) is -1.78. The van der Waals surface area contributed by atoms with Crippen LogP contribution in [-0.2, 0) is 4.43 Å². The zero-order chi connectivity index (χ0) is 8.48. The van der Waals surface area contributed by atoms with Crippen molar-refractivity contribution >= 4 is 31.5 Å². The molecule has 1 nitrogen and oxygen atoms in total. The van der Waals surface area contributed by atoms with Gasteiger partial charge in [-0.05, 0) is 32.4 Å². The highest BCUT2D eigenvalue weighted by Crippen LogP contribution is 2.29. The third-order valence-electron chi connectivity index (χ3n) is 2.05. The van der Waals surface area contributed by atoms with Gasteiger partial charge in [0.05, 0.1) is 0 Å².